The molecule has 4 atom stereocenters. The summed E-state index contributed by atoms with van der Waals surface area (Å²) < 4.78 is 0. The van der Waals surface area contributed by atoms with Gasteiger partial charge in [0.15, 0.2) is 0 Å². The number of nitrogens with zero attached hydrogens (tertiary/aromatic N) is 1. The standard InChI is InChI=1S/C15H21NO/c1-16-12-7-8-15(16)14(10-17)13(9-12)11-5-3-2-4-6-11/h2-6,12-15,17H,7-10H2,1H3/t12-,13+,14-,15+/m0/s1. The highest BCUT2D eigenvalue weighted by Crippen LogP contribution is 2.45. The first-order valence-corrected chi connectivity index (χ1v) is 6.69. The van der Waals surface area contributed by atoms with Crippen LogP contribution in [0.5, 0.6) is 0 Å². The number of benzene rings is 1. The molecule has 0 saturated carbocycles. The van der Waals surface area contributed by atoms with E-state index in [1.54, 1.807) is 0 Å². The Morgan fingerprint density at radius 3 is 2.71 bits per heavy atom. The third-order valence-corrected chi connectivity index (χ3v) is 4.87. The van der Waals surface area contributed by atoms with Crippen molar-refractivity contribution in [2.45, 2.75) is 37.3 Å². The van der Waals surface area contributed by atoms with E-state index in [2.05, 4.69) is 42.3 Å². The molecule has 2 bridgehead atoms. The molecule has 2 fully saturated rings. The fraction of sp³-hybridized carbons (Fsp3) is 0.600. The van der Waals surface area contributed by atoms with Gasteiger partial charge in [-0.15, -0.1) is 0 Å². The van der Waals surface area contributed by atoms with Gasteiger partial charge in [-0.25, -0.2) is 0 Å². The molecule has 92 valence electrons. The summed E-state index contributed by atoms with van der Waals surface area (Å²) in [5, 5.41) is 9.73. The van der Waals surface area contributed by atoms with Crippen LogP contribution in [-0.4, -0.2) is 35.7 Å². The molecular formula is C15H21NO. The van der Waals surface area contributed by atoms with Crippen molar-refractivity contribution >= 4 is 0 Å². The van der Waals surface area contributed by atoms with Crippen LogP contribution in [0.3, 0.4) is 0 Å². The van der Waals surface area contributed by atoms with Crippen LogP contribution in [0.1, 0.15) is 30.7 Å². The lowest BCUT2D eigenvalue weighted by molar-refractivity contribution is 0.0592. The number of hydrogen-bond acceptors (Lipinski definition) is 2. The zero-order valence-corrected chi connectivity index (χ0v) is 10.4. The molecule has 3 rings (SSSR count). The normalized spacial score (nSPS) is 37.3. The summed E-state index contributed by atoms with van der Waals surface area (Å²) in [5.74, 6) is 0.969. The average molecular weight is 231 g/mol. The van der Waals surface area contributed by atoms with E-state index in [1.165, 1.54) is 24.8 Å². The second kappa shape index (κ2) is 4.43. The molecular weight excluding hydrogens is 210 g/mol. The fourth-order valence-electron chi connectivity index (χ4n) is 3.91. The molecule has 0 spiro atoms. The van der Waals surface area contributed by atoms with Crippen LogP contribution in [0, 0.1) is 5.92 Å². The molecule has 0 radical (unpaired) electrons. The van der Waals surface area contributed by atoms with Crippen LogP contribution in [0.4, 0.5) is 0 Å². The van der Waals surface area contributed by atoms with Gasteiger partial charge in [0.2, 0.25) is 0 Å². The maximum atomic E-state index is 9.73. The van der Waals surface area contributed by atoms with Crippen molar-refractivity contribution in [2.24, 2.45) is 5.92 Å². The number of piperidine rings is 1. The van der Waals surface area contributed by atoms with Gasteiger partial charge in [-0.3, -0.25) is 0 Å². The number of hydrogen-bond donors (Lipinski definition) is 1. The molecule has 0 aromatic heterocycles. The monoisotopic (exact) mass is 231 g/mol. The van der Waals surface area contributed by atoms with Crippen LogP contribution >= 0.6 is 0 Å². The molecule has 2 heteroatoms. The SMILES string of the molecule is CN1[C@H]2CC[C@@H]1[C@@H](CO)[C@@H](c1ccccc1)C2. The smallest absolute Gasteiger partial charge is 0.0480 e. The van der Waals surface area contributed by atoms with E-state index in [-0.39, 0.29) is 0 Å². The van der Waals surface area contributed by atoms with Gasteiger partial charge in [-0.1, -0.05) is 30.3 Å². The Bertz CT molecular complexity index is 378. The van der Waals surface area contributed by atoms with Gasteiger partial charge in [-0.05, 0) is 37.8 Å². The lowest BCUT2D eigenvalue weighted by Crippen LogP contribution is -2.47. The highest BCUT2D eigenvalue weighted by atomic mass is 16.3. The minimum absolute atomic E-state index is 0.321. The van der Waals surface area contributed by atoms with E-state index in [4.69, 9.17) is 0 Å². The molecule has 2 heterocycles. The van der Waals surface area contributed by atoms with Crippen molar-refractivity contribution in [2.75, 3.05) is 13.7 Å². The van der Waals surface area contributed by atoms with Gasteiger partial charge in [0.25, 0.3) is 0 Å². The Kier molecular flexibility index (Phi) is 2.93. The first-order valence-electron chi connectivity index (χ1n) is 6.69. The molecule has 1 aromatic carbocycles. The number of aliphatic hydroxyl groups excluding tert-OH is 1. The summed E-state index contributed by atoms with van der Waals surface area (Å²) in [4.78, 5) is 2.50. The van der Waals surface area contributed by atoms with Crippen molar-refractivity contribution in [3.05, 3.63) is 35.9 Å². The van der Waals surface area contributed by atoms with Crippen LogP contribution in [0.2, 0.25) is 0 Å². The molecule has 2 saturated heterocycles. The zero-order valence-electron chi connectivity index (χ0n) is 10.4. The molecule has 2 aliphatic rings. The van der Waals surface area contributed by atoms with E-state index >= 15 is 0 Å². The van der Waals surface area contributed by atoms with E-state index in [0.717, 1.165) is 6.04 Å². The summed E-state index contributed by atoms with van der Waals surface area (Å²) in [5.41, 5.74) is 1.41. The summed E-state index contributed by atoms with van der Waals surface area (Å²) in [6.45, 7) is 0.321. The molecule has 1 N–H and O–H groups in total. The Balaban J connectivity index is 1.90. The molecule has 2 nitrogen and oxygen atoms in total. The Hall–Kier alpha value is -0.860. The van der Waals surface area contributed by atoms with Crippen molar-refractivity contribution in [3.8, 4) is 0 Å². The average Bonchev–Trinajstić information content (AvgIpc) is 2.64. The molecule has 1 aromatic rings. The van der Waals surface area contributed by atoms with Gasteiger partial charge >= 0.3 is 0 Å². The van der Waals surface area contributed by atoms with Crippen LogP contribution in [-0.2, 0) is 0 Å². The first kappa shape index (κ1) is 11.2. The van der Waals surface area contributed by atoms with E-state index in [9.17, 15) is 5.11 Å². The molecule has 17 heavy (non-hydrogen) atoms. The Morgan fingerprint density at radius 1 is 1.24 bits per heavy atom. The van der Waals surface area contributed by atoms with Crippen LogP contribution in [0.15, 0.2) is 30.3 Å². The summed E-state index contributed by atoms with van der Waals surface area (Å²) in [7, 11) is 2.23. The van der Waals surface area contributed by atoms with Gasteiger partial charge in [0, 0.05) is 24.6 Å². The van der Waals surface area contributed by atoms with Gasteiger partial charge < -0.3 is 10.0 Å². The molecule has 0 amide bonds. The third-order valence-electron chi connectivity index (χ3n) is 4.87. The maximum absolute atomic E-state index is 9.73. The summed E-state index contributed by atoms with van der Waals surface area (Å²) in [6, 6.07) is 12.1. The minimum atomic E-state index is 0.321. The highest BCUT2D eigenvalue weighted by Gasteiger charge is 2.45. The lowest BCUT2D eigenvalue weighted by atomic mass is 9.76. The van der Waals surface area contributed by atoms with Gasteiger partial charge in [0.1, 0.15) is 0 Å². The summed E-state index contributed by atoms with van der Waals surface area (Å²) >= 11 is 0. The number of rotatable bonds is 2. The van der Waals surface area contributed by atoms with Crippen LogP contribution < -0.4 is 0 Å². The second-order valence-corrected chi connectivity index (χ2v) is 5.56. The maximum Gasteiger partial charge on any atom is 0.0480 e. The molecule has 0 aliphatic carbocycles. The quantitative estimate of drug-likeness (QED) is 0.844. The second-order valence-electron chi connectivity index (χ2n) is 5.56. The molecule has 0 unspecified atom stereocenters. The largest absolute Gasteiger partial charge is 0.396 e. The Labute approximate surface area is 103 Å². The van der Waals surface area contributed by atoms with Crippen molar-refractivity contribution in [3.63, 3.8) is 0 Å². The van der Waals surface area contributed by atoms with E-state index in [0.29, 0.717) is 24.5 Å². The van der Waals surface area contributed by atoms with Crippen molar-refractivity contribution < 1.29 is 5.11 Å². The van der Waals surface area contributed by atoms with Crippen LogP contribution in [0.25, 0.3) is 0 Å². The third kappa shape index (κ3) is 1.80. The van der Waals surface area contributed by atoms with Gasteiger partial charge in [0.05, 0.1) is 0 Å². The van der Waals surface area contributed by atoms with E-state index in [1.807, 2.05) is 0 Å². The summed E-state index contributed by atoms with van der Waals surface area (Å²) in [6.07, 6.45) is 3.78. The van der Waals surface area contributed by atoms with Gasteiger partial charge in [-0.2, -0.15) is 0 Å². The predicted octanol–water partition coefficient (Wildman–Crippen LogP) is 2.25. The predicted molar refractivity (Wildman–Crippen MR) is 68.9 cm³/mol. The lowest BCUT2D eigenvalue weighted by Gasteiger charge is -2.42. The fourth-order valence-corrected chi connectivity index (χ4v) is 3.91. The number of aliphatic hydroxyl groups is 1. The Morgan fingerprint density at radius 2 is 2.00 bits per heavy atom. The van der Waals surface area contributed by atoms with Crippen molar-refractivity contribution in [1.29, 1.82) is 0 Å². The first-order chi connectivity index (χ1) is 8.31. The highest BCUT2D eigenvalue weighted by molar-refractivity contribution is 5.23. The molecule has 2 aliphatic heterocycles. The minimum Gasteiger partial charge on any atom is -0.396 e. The zero-order chi connectivity index (χ0) is 11.8. The van der Waals surface area contributed by atoms with E-state index < -0.39 is 0 Å². The number of fused-ring (bicyclic) bond motifs is 2. The van der Waals surface area contributed by atoms with Crippen molar-refractivity contribution in [1.82, 2.24) is 4.90 Å². The topological polar surface area (TPSA) is 23.5 Å².